The second-order valence-electron chi connectivity index (χ2n) is 5.36. The summed E-state index contributed by atoms with van der Waals surface area (Å²) in [5, 5.41) is 13.2. The number of anilines is 1. The van der Waals surface area contributed by atoms with Gasteiger partial charge in [0.05, 0.1) is 5.75 Å². The van der Waals surface area contributed by atoms with Crippen LogP contribution in [0.1, 0.15) is 36.6 Å². The summed E-state index contributed by atoms with van der Waals surface area (Å²) in [4.78, 5) is 0. The van der Waals surface area contributed by atoms with E-state index in [0.717, 1.165) is 11.1 Å². The van der Waals surface area contributed by atoms with Crippen molar-refractivity contribution in [3.8, 4) is 6.07 Å². The van der Waals surface area contributed by atoms with E-state index in [1.54, 1.807) is 16.8 Å². The Balaban J connectivity index is 2.26. The summed E-state index contributed by atoms with van der Waals surface area (Å²) in [5.41, 5.74) is 1.83. The van der Waals surface area contributed by atoms with Gasteiger partial charge in [-0.25, -0.2) is 8.42 Å². The lowest BCUT2D eigenvalue weighted by atomic mass is 10.1. The van der Waals surface area contributed by atoms with Crippen LogP contribution in [0.2, 0.25) is 0 Å². The van der Waals surface area contributed by atoms with Crippen molar-refractivity contribution in [1.29, 1.82) is 5.26 Å². The molecule has 2 rings (SSSR count). The fourth-order valence-corrected chi connectivity index (χ4v) is 3.22. The minimum atomic E-state index is -3.63. The van der Waals surface area contributed by atoms with Crippen LogP contribution in [0.3, 0.4) is 0 Å². The summed E-state index contributed by atoms with van der Waals surface area (Å²) in [5.74, 6) is -0.0798. The van der Waals surface area contributed by atoms with Crippen molar-refractivity contribution in [3.63, 3.8) is 0 Å². The standard InChI is InChI=1S/C15H18N4O2S/c1-11(2)19-9-14(8-16)15(17-19)18-22(20,21)10-13-7-5-4-6-12(13)3/h4-7,9,11H,10H2,1-3H3,(H,17,18). The largest absolute Gasteiger partial charge is 0.267 e. The van der Waals surface area contributed by atoms with E-state index in [4.69, 9.17) is 5.26 Å². The molecular formula is C15H18N4O2S. The molecule has 0 saturated carbocycles. The molecule has 1 heterocycles. The van der Waals surface area contributed by atoms with Crippen LogP contribution in [-0.2, 0) is 15.8 Å². The van der Waals surface area contributed by atoms with E-state index in [9.17, 15) is 8.42 Å². The lowest BCUT2D eigenvalue weighted by Gasteiger charge is -2.08. The first-order chi connectivity index (χ1) is 10.3. The van der Waals surface area contributed by atoms with Crippen molar-refractivity contribution in [2.45, 2.75) is 32.6 Å². The Morgan fingerprint density at radius 2 is 2.05 bits per heavy atom. The van der Waals surface area contributed by atoms with Crippen LogP contribution >= 0.6 is 0 Å². The van der Waals surface area contributed by atoms with Gasteiger partial charge in [0.2, 0.25) is 10.0 Å². The number of aromatic nitrogens is 2. The first kappa shape index (κ1) is 16.0. The summed E-state index contributed by atoms with van der Waals surface area (Å²) in [6, 6.07) is 9.29. The first-order valence-electron chi connectivity index (χ1n) is 6.86. The molecule has 0 saturated heterocycles. The first-order valence-corrected chi connectivity index (χ1v) is 8.52. The van der Waals surface area contributed by atoms with Gasteiger partial charge in [0, 0.05) is 12.2 Å². The van der Waals surface area contributed by atoms with Crippen molar-refractivity contribution >= 4 is 15.8 Å². The van der Waals surface area contributed by atoms with Gasteiger partial charge < -0.3 is 0 Å². The second kappa shape index (κ2) is 6.20. The van der Waals surface area contributed by atoms with Gasteiger partial charge in [-0.3, -0.25) is 9.40 Å². The molecule has 0 bridgehead atoms. The van der Waals surface area contributed by atoms with Gasteiger partial charge in [0.1, 0.15) is 11.6 Å². The lowest BCUT2D eigenvalue weighted by molar-refractivity contribution is 0.534. The topological polar surface area (TPSA) is 87.8 Å². The number of hydrogen-bond acceptors (Lipinski definition) is 4. The van der Waals surface area contributed by atoms with E-state index in [1.165, 1.54) is 6.20 Å². The van der Waals surface area contributed by atoms with Crippen molar-refractivity contribution < 1.29 is 8.42 Å². The summed E-state index contributed by atoms with van der Waals surface area (Å²) in [7, 11) is -3.63. The predicted molar refractivity (Wildman–Crippen MR) is 84.8 cm³/mol. The molecule has 7 heteroatoms. The molecule has 0 unspecified atom stereocenters. The Labute approximate surface area is 130 Å². The molecule has 0 fully saturated rings. The molecule has 1 aromatic carbocycles. The summed E-state index contributed by atoms with van der Waals surface area (Å²) >= 11 is 0. The van der Waals surface area contributed by atoms with Gasteiger partial charge in [-0.15, -0.1) is 0 Å². The number of nitriles is 1. The number of nitrogens with one attached hydrogen (secondary N) is 1. The number of aryl methyl sites for hydroxylation is 1. The quantitative estimate of drug-likeness (QED) is 0.917. The third-order valence-corrected chi connectivity index (χ3v) is 4.44. The van der Waals surface area contributed by atoms with Gasteiger partial charge in [0.15, 0.2) is 5.82 Å². The van der Waals surface area contributed by atoms with E-state index in [1.807, 2.05) is 39.0 Å². The van der Waals surface area contributed by atoms with E-state index in [0.29, 0.717) is 0 Å². The maximum Gasteiger partial charge on any atom is 0.238 e. The number of hydrogen-bond donors (Lipinski definition) is 1. The minimum absolute atomic E-state index is 0.0433. The van der Waals surface area contributed by atoms with E-state index in [-0.39, 0.29) is 23.2 Å². The highest BCUT2D eigenvalue weighted by atomic mass is 32.2. The molecule has 0 spiro atoms. The molecule has 0 aliphatic rings. The molecule has 0 aliphatic heterocycles. The monoisotopic (exact) mass is 318 g/mol. The van der Waals surface area contributed by atoms with Crippen LogP contribution in [0.25, 0.3) is 0 Å². The van der Waals surface area contributed by atoms with Crippen LogP contribution in [0, 0.1) is 18.3 Å². The average Bonchev–Trinajstić information content (AvgIpc) is 2.83. The van der Waals surface area contributed by atoms with Crippen LogP contribution < -0.4 is 4.72 Å². The highest BCUT2D eigenvalue weighted by Gasteiger charge is 2.18. The van der Waals surface area contributed by atoms with Crippen LogP contribution in [0.4, 0.5) is 5.82 Å². The van der Waals surface area contributed by atoms with Crippen molar-refractivity contribution in [2.75, 3.05) is 4.72 Å². The lowest BCUT2D eigenvalue weighted by Crippen LogP contribution is -2.17. The number of rotatable bonds is 5. The summed E-state index contributed by atoms with van der Waals surface area (Å²) in [6.07, 6.45) is 1.54. The van der Waals surface area contributed by atoms with Gasteiger partial charge in [0.25, 0.3) is 0 Å². The fraction of sp³-hybridized carbons (Fsp3) is 0.333. The maximum absolute atomic E-state index is 12.3. The smallest absolute Gasteiger partial charge is 0.238 e. The Morgan fingerprint density at radius 1 is 1.36 bits per heavy atom. The van der Waals surface area contributed by atoms with Crippen LogP contribution in [-0.4, -0.2) is 18.2 Å². The number of nitrogens with zero attached hydrogens (tertiary/aromatic N) is 3. The van der Waals surface area contributed by atoms with E-state index >= 15 is 0 Å². The Kier molecular flexibility index (Phi) is 4.52. The summed E-state index contributed by atoms with van der Waals surface area (Å²) < 4.78 is 28.6. The molecular weight excluding hydrogens is 300 g/mol. The SMILES string of the molecule is Cc1ccccc1CS(=O)(=O)Nc1nn(C(C)C)cc1C#N. The highest BCUT2D eigenvalue weighted by molar-refractivity contribution is 7.91. The van der Waals surface area contributed by atoms with E-state index in [2.05, 4.69) is 9.82 Å². The van der Waals surface area contributed by atoms with Gasteiger partial charge in [-0.1, -0.05) is 24.3 Å². The molecule has 22 heavy (non-hydrogen) atoms. The molecule has 116 valence electrons. The molecule has 0 aliphatic carbocycles. The van der Waals surface area contributed by atoms with Gasteiger partial charge in [-0.2, -0.15) is 10.4 Å². The zero-order chi connectivity index (χ0) is 16.3. The van der Waals surface area contributed by atoms with Gasteiger partial charge in [-0.05, 0) is 31.9 Å². The molecule has 2 aromatic rings. The van der Waals surface area contributed by atoms with Crippen molar-refractivity contribution in [1.82, 2.24) is 9.78 Å². The second-order valence-corrected chi connectivity index (χ2v) is 7.09. The molecule has 0 amide bonds. The Morgan fingerprint density at radius 3 is 2.64 bits per heavy atom. The third kappa shape index (κ3) is 3.65. The van der Waals surface area contributed by atoms with Crippen LogP contribution in [0.5, 0.6) is 0 Å². The molecule has 1 N–H and O–H groups in total. The van der Waals surface area contributed by atoms with E-state index < -0.39 is 10.0 Å². The highest BCUT2D eigenvalue weighted by Crippen LogP contribution is 2.19. The summed E-state index contributed by atoms with van der Waals surface area (Å²) in [6.45, 7) is 5.67. The normalized spacial score (nSPS) is 11.4. The fourth-order valence-electron chi connectivity index (χ4n) is 1.97. The zero-order valence-corrected chi connectivity index (χ0v) is 13.6. The van der Waals surface area contributed by atoms with Crippen molar-refractivity contribution in [3.05, 3.63) is 47.2 Å². The number of sulfonamides is 1. The number of benzene rings is 1. The van der Waals surface area contributed by atoms with Gasteiger partial charge >= 0.3 is 0 Å². The zero-order valence-electron chi connectivity index (χ0n) is 12.7. The average molecular weight is 318 g/mol. The third-order valence-electron chi connectivity index (χ3n) is 3.24. The molecule has 1 aromatic heterocycles. The maximum atomic E-state index is 12.3. The Hall–Kier alpha value is -2.33. The van der Waals surface area contributed by atoms with Crippen molar-refractivity contribution in [2.24, 2.45) is 0 Å². The van der Waals surface area contributed by atoms with Crippen LogP contribution in [0.15, 0.2) is 30.5 Å². The molecule has 0 atom stereocenters. The molecule has 0 radical (unpaired) electrons. The minimum Gasteiger partial charge on any atom is -0.267 e. The predicted octanol–water partition coefficient (Wildman–Crippen LogP) is 2.59. The molecule has 6 nitrogen and oxygen atoms in total. The Bertz CT molecular complexity index is 816.